The summed E-state index contributed by atoms with van der Waals surface area (Å²) in [6, 6.07) is 0. The van der Waals surface area contributed by atoms with Crippen LogP contribution in [0, 0.1) is 0 Å². The van der Waals surface area contributed by atoms with Gasteiger partial charge in [-0.2, -0.15) is 5.10 Å². The van der Waals surface area contributed by atoms with Crippen LogP contribution < -0.4 is 4.74 Å². The quantitative estimate of drug-likeness (QED) is 0.762. The molecule has 4 nitrogen and oxygen atoms in total. The Labute approximate surface area is 90.2 Å². The second-order valence-electron chi connectivity index (χ2n) is 4.70. The maximum atomic E-state index is 5.83. The van der Waals surface area contributed by atoms with Gasteiger partial charge >= 0.3 is 0 Å². The van der Waals surface area contributed by atoms with Gasteiger partial charge in [-0.25, -0.2) is 0 Å². The van der Waals surface area contributed by atoms with Gasteiger partial charge in [-0.15, -0.1) is 0 Å². The minimum atomic E-state index is 0.0168. The molecule has 0 radical (unpaired) electrons. The Morgan fingerprint density at radius 1 is 1.67 bits per heavy atom. The molecule has 84 valence electrons. The summed E-state index contributed by atoms with van der Waals surface area (Å²) >= 11 is 0. The van der Waals surface area contributed by atoms with Gasteiger partial charge in [0.1, 0.15) is 6.61 Å². The number of hydrogen-bond acceptors (Lipinski definition) is 3. The minimum absolute atomic E-state index is 0.0168. The van der Waals surface area contributed by atoms with E-state index < -0.39 is 0 Å². The number of ether oxygens (including phenoxy) is 2. The van der Waals surface area contributed by atoms with Crippen molar-refractivity contribution in [3.8, 4) is 5.75 Å². The van der Waals surface area contributed by atoms with Crippen molar-refractivity contribution < 1.29 is 9.47 Å². The SMILES string of the molecule is Cn1cc(OCC2CCC(C)(C)O2)cn1. The first-order chi connectivity index (χ1) is 7.05. The van der Waals surface area contributed by atoms with E-state index in [1.54, 1.807) is 10.9 Å². The topological polar surface area (TPSA) is 36.3 Å². The van der Waals surface area contributed by atoms with Gasteiger partial charge in [0.25, 0.3) is 0 Å². The molecule has 1 aliphatic rings. The second-order valence-corrected chi connectivity index (χ2v) is 4.70. The molecule has 1 saturated heterocycles. The number of nitrogens with zero attached hydrogens (tertiary/aromatic N) is 2. The largest absolute Gasteiger partial charge is 0.488 e. The average Bonchev–Trinajstić information content (AvgIpc) is 2.69. The molecule has 1 aromatic heterocycles. The maximum absolute atomic E-state index is 5.83. The molecule has 1 aliphatic heterocycles. The fraction of sp³-hybridized carbons (Fsp3) is 0.727. The van der Waals surface area contributed by atoms with E-state index in [-0.39, 0.29) is 11.7 Å². The van der Waals surface area contributed by atoms with Crippen LogP contribution in [0.3, 0.4) is 0 Å². The molecule has 1 atom stereocenters. The molecule has 0 aliphatic carbocycles. The Kier molecular flexibility index (Phi) is 2.69. The van der Waals surface area contributed by atoms with Crippen molar-refractivity contribution in [2.45, 2.75) is 38.4 Å². The average molecular weight is 210 g/mol. The van der Waals surface area contributed by atoms with Crippen LogP contribution in [0.5, 0.6) is 5.75 Å². The summed E-state index contributed by atoms with van der Waals surface area (Å²) < 4.78 is 13.2. The Morgan fingerprint density at radius 2 is 2.47 bits per heavy atom. The minimum Gasteiger partial charge on any atom is -0.488 e. The van der Waals surface area contributed by atoms with Gasteiger partial charge in [-0.3, -0.25) is 4.68 Å². The fourth-order valence-electron chi connectivity index (χ4n) is 1.86. The smallest absolute Gasteiger partial charge is 0.157 e. The molecule has 0 N–H and O–H groups in total. The summed E-state index contributed by atoms with van der Waals surface area (Å²) in [6.07, 6.45) is 5.99. The first-order valence-electron chi connectivity index (χ1n) is 5.34. The summed E-state index contributed by atoms with van der Waals surface area (Å²) in [5, 5.41) is 4.04. The van der Waals surface area contributed by atoms with Crippen molar-refractivity contribution in [3.63, 3.8) is 0 Å². The zero-order valence-electron chi connectivity index (χ0n) is 9.56. The van der Waals surface area contributed by atoms with Gasteiger partial charge in [-0.1, -0.05) is 0 Å². The number of aryl methyl sites for hydroxylation is 1. The van der Waals surface area contributed by atoms with E-state index in [1.807, 2.05) is 13.2 Å². The number of rotatable bonds is 3. The summed E-state index contributed by atoms with van der Waals surface area (Å²) in [7, 11) is 1.88. The van der Waals surface area contributed by atoms with Crippen molar-refractivity contribution in [1.29, 1.82) is 0 Å². The van der Waals surface area contributed by atoms with E-state index in [4.69, 9.17) is 9.47 Å². The zero-order valence-corrected chi connectivity index (χ0v) is 9.56. The number of aromatic nitrogens is 2. The molecule has 4 heteroatoms. The first kappa shape index (κ1) is 10.5. The lowest BCUT2D eigenvalue weighted by molar-refractivity contribution is -0.0326. The molecule has 0 amide bonds. The van der Waals surface area contributed by atoms with Crippen LogP contribution in [0.1, 0.15) is 26.7 Å². The highest BCUT2D eigenvalue weighted by Crippen LogP contribution is 2.29. The predicted molar refractivity (Wildman–Crippen MR) is 56.9 cm³/mol. The Balaban J connectivity index is 1.80. The molecule has 0 spiro atoms. The third-order valence-electron chi connectivity index (χ3n) is 2.67. The normalized spacial score (nSPS) is 24.3. The van der Waals surface area contributed by atoms with Crippen LogP contribution in [0.2, 0.25) is 0 Å². The van der Waals surface area contributed by atoms with Crippen LogP contribution >= 0.6 is 0 Å². The molecule has 15 heavy (non-hydrogen) atoms. The maximum Gasteiger partial charge on any atom is 0.157 e. The van der Waals surface area contributed by atoms with Crippen LogP contribution in [0.4, 0.5) is 0 Å². The fourth-order valence-corrected chi connectivity index (χ4v) is 1.86. The standard InChI is InChI=1S/C11H18N2O2/c1-11(2)5-4-9(15-11)8-14-10-6-12-13(3)7-10/h6-7,9H,4-5,8H2,1-3H3. The van der Waals surface area contributed by atoms with Crippen molar-refractivity contribution in [2.75, 3.05) is 6.61 Å². The van der Waals surface area contributed by atoms with E-state index in [1.165, 1.54) is 0 Å². The van der Waals surface area contributed by atoms with Crippen LogP contribution in [-0.4, -0.2) is 28.1 Å². The highest BCUT2D eigenvalue weighted by atomic mass is 16.6. The van der Waals surface area contributed by atoms with E-state index in [9.17, 15) is 0 Å². The molecule has 1 unspecified atom stereocenters. The van der Waals surface area contributed by atoms with Gasteiger partial charge in [0.15, 0.2) is 5.75 Å². The van der Waals surface area contributed by atoms with E-state index in [0.717, 1.165) is 18.6 Å². The van der Waals surface area contributed by atoms with E-state index >= 15 is 0 Å². The van der Waals surface area contributed by atoms with Gasteiger partial charge < -0.3 is 9.47 Å². The zero-order chi connectivity index (χ0) is 10.9. The summed E-state index contributed by atoms with van der Waals surface area (Å²) in [4.78, 5) is 0. The third-order valence-corrected chi connectivity index (χ3v) is 2.67. The van der Waals surface area contributed by atoms with E-state index in [0.29, 0.717) is 6.61 Å². The highest BCUT2D eigenvalue weighted by Gasteiger charge is 2.31. The number of hydrogen-bond donors (Lipinski definition) is 0. The molecule has 0 bridgehead atoms. The van der Waals surface area contributed by atoms with E-state index in [2.05, 4.69) is 18.9 Å². The van der Waals surface area contributed by atoms with Crippen molar-refractivity contribution >= 4 is 0 Å². The third kappa shape index (κ3) is 2.72. The molecule has 2 rings (SSSR count). The van der Waals surface area contributed by atoms with Crippen molar-refractivity contribution in [2.24, 2.45) is 7.05 Å². The van der Waals surface area contributed by atoms with Gasteiger partial charge in [-0.05, 0) is 26.7 Å². The van der Waals surface area contributed by atoms with Gasteiger partial charge in [0, 0.05) is 7.05 Å². The van der Waals surface area contributed by atoms with Gasteiger partial charge in [0.05, 0.1) is 24.1 Å². The second kappa shape index (κ2) is 3.85. The molecule has 0 aromatic carbocycles. The van der Waals surface area contributed by atoms with Crippen molar-refractivity contribution in [1.82, 2.24) is 9.78 Å². The summed E-state index contributed by atoms with van der Waals surface area (Å²) in [5.41, 5.74) is 0.0168. The van der Waals surface area contributed by atoms with Crippen LogP contribution in [0.15, 0.2) is 12.4 Å². The molecule has 2 heterocycles. The lowest BCUT2D eigenvalue weighted by atomic mass is 10.1. The molecular formula is C11H18N2O2. The molecule has 1 fully saturated rings. The molecule has 0 saturated carbocycles. The molecular weight excluding hydrogens is 192 g/mol. The Bertz CT molecular complexity index is 333. The first-order valence-corrected chi connectivity index (χ1v) is 5.34. The predicted octanol–water partition coefficient (Wildman–Crippen LogP) is 1.76. The van der Waals surface area contributed by atoms with Crippen LogP contribution in [-0.2, 0) is 11.8 Å². The lowest BCUT2D eigenvalue weighted by Gasteiger charge is -2.19. The lowest BCUT2D eigenvalue weighted by Crippen LogP contribution is -2.23. The van der Waals surface area contributed by atoms with Crippen LogP contribution in [0.25, 0.3) is 0 Å². The Hall–Kier alpha value is -1.03. The summed E-state index contributed by atoms with van der Waals surface area (Å²) in [5.74, 6) is 0.811. The van der Waals surface area contributed by atoms with Crippen molar-refractivity contribution in [3.05, 3.63) is 12.4 Å². The highest BCUT2D eigenvalue weighted by molar-refractivity contribution is 5.11. The van der Waals surface area contributed by atoms with Gasteiger partial charge in [0.2, 0.25) is 0 Å². The summed E-state index contributed by atoms with van der Waals surface area (Å²) in [6.45, 7) is 4.86. The Morgan fingerprint density at radius 3 is 3.00 bits per heavy atom. The monoisotopic (exact) mass is 210 g/mol. The molecule has 1 aromatic rings.